The van der Waals surface area contributed by atoms with Gasteiger partial charge < -0.3 is 5.32 Å². The highest BCUT2D eigenvalue weighted by atomic mass is 15.2. The molecule has 0 radical (unpaired) electrons. The SMILES string of the molecule is C1CCC2(CC1)CCC2N1CCC2CCC(C1)N2. The summed E-state index contributed by atoms with van der Waals surface area (Å²) in [5.74, 6) is 0. The second-order valence-electron chi connectivity index (χ2n) is 7.40. The summed E-state index contributed by atoms with van der Waals surface area (Å²) < 4.78 is 0. The van der Waals surface area contributed by atoms with E-state index < -0.39 is 0 Å². The van der Waals surface area contributed by atoms with E-state index in [-0.39, 0.29) is 0 Å². The Morgan fingerprint density at radius 3 is 2.44 bits per heavy atom. The monoisotopic (exact) mass is 248 g/mol. The van der Waals surface area contributed by atoms with E-state index in [2.05, 4.69) is 10.2 Å². The third kappa shape index (κ3) is 1.84. The van der Waals surface area contributed by atoms with Crippen molar-refractivity contribution in [1.82, 2.24) is 10.2 Å². The van der Waals surface area contributed by atoms with Crippen LogP contribution in [-0.4, -0.2) is 36.1 Å². The van der Waals surface area contributed by atoms with Gasteiger partial charge in [0.15, 0.2) is 0 Å². The molecule has 3 unspecified atom stereocenters. The van der Waals surface area contributed by atoms with Gasteiger partial charge in [-0.15, -0.1) is 0 Å². The van der Waals surface area contributed by atoms with Gasteiger partial charge >= 0.3 is 0 Å². The summed E-state index contributed by atoms with van der Waals surface area (Å²) in [5, 5.41) is 3.84. The Morgan fingerprint density at radius 1 is 0.833 bits per heavy atom. The van der Waals surface area contributed by atoms with Crippen molar-refractivity contribution in [3.8, 4) is 0 Å². The zero-order valence-corrected chi connectivity index (χ0v) is 11.7. The van der Waals surface area contributed by atoms with Gasteiger partial charge in [0, 0.05) is 24.7 Å². The maximum atomic E-state index is 3.84. The van der Waals surface area contributed by atoms with Crippen LogP contribution < -0.4 is 5.32 Å². The van der Waals surface area contributed by atoms with Crippen molar-refractivity contribution in [2.75, 3.05) is 13.1 Å². The molecule has 4 fully saturated rings. The maximum Gasteiger partial charge on any atom is 0.0198 e. The van der Waals surface area contributed by atoms with E-state index in [1.54, 1.807) is 0 Å². The topological polar surface area (TPSA) is 15.3 Å². The molecule has 2 heteroatoms. The molecule has 0 aromatic carbocycles. The van der Waals surface area contributed by atoms with Gasteiger partial charge in [0.1, 0.15) is 0 Å². The van der Waals surface area contributed by atoms with Crippen LogP contribution in [0.1, 0.15) is 64.2 Å². The van der Waals surface area contributed by atoms with Crippen LogP contribution in [0.25, 0.3) is 0 Å². The molecule has 18 heavy (non-hydrogen) atoms. The molecule has 2 bridgehead atoms. The number of hydrogen-bond donors (Lipinski definition) is 1. The van der Waals surface area contributed by atoms with Gasteiger partial charge in [-0.05, 0) is 56.9 Å². The van der Waals surface area contributed by atoms with Gasteiger partial charge in [-0.25, -0.2) is 0 Å². The van der Waals surface area contributed by atoms with E-state index in [1.165, 1.54) is 77.3 Å². The van der Waals surface area contributed by atoms with Gasteiger partial charge in [0.2, 0.25) is 0 Å². The van der Waals surface area contributed by atoms with Gasteiger partial charge in [0.25, 0.3) is 0 Å². The van der Waals surface area contributed by atoms with Crippen molar-refractivity contribution in [3.63, 3.8) is 0 Å². The van der Waals surface area contributed by atoms with E-state index in [0.29, 0.717) is 0 Å². The van der Waals surface area contributed by atoms with Crippen LogP contribution in [0.2, 0.25) is 0 Å². The average molecular weight is 248 g/mol. The fourth-order valence-corrected chi connectivity index (χ4v) is 5.34. The zero-order chi connectivity index (χ0) is 12.0. The lowest BCUT2D eigenvalue weighted by Gasteiger charge is -2.56. The second-order valence-corrected chi connectivity index (χ2v) is 7.40. The van der Waals surface area contributed by atoms with E-state index in [4.69, 9.17) is 0 Å². The number of fused-ring (bicyclic) bond motifs is 2. The van der Waals surface area contributed by atoms with Gasteiger partial charge in [-0.2, -0.15) is 0 Å². The number of nitrogens with one attached hydrogen (secondary N) is 1. The normalized spacial score (nSPS) is 43.7. The molecule has 0 amide bonds. The minimum absolute atomic E-state index is 0.766. The molecule has 3 atom stereocenters. The summed E-state index contributed by atoms with van der Waals surface area (Å²) in [6.07, 6.45) is 14.9. The van der Waals surface area contributed by atoms with E-state index in [1.807, 2.05) is 0 Å². The Labute approximate surface area is 111 Å². The zero-order valence-electron chi connectivity index (χ0n) is 11.7. The summed E-state index contributed by atoms with van der Waals surface area (Å²) in [6, 6.07) is 2.63. The first-order chi connectivity index (χ1) is 8.86. The lowest BCUT2D eigenvalue weighted by molar-refractivity contribution is -0.0541. The Morgan fingerprint density at radius 2 is 1.67 bits per heavy atom. The fraction of sp³-hybridized carbons (Fsp3) is 1.00. The van der Waals surface area contributed by atoms with E-state index in [9.17, 15) is 0 Å². The Bertz CT molecular complexity index is 308. The first kappa shape index (κ1) is 11.7. The maximum absolute atomic E-state index is 3.84. The molecule has 0 aromatic heterocycles. The van der Waals surface area contributed by atoms with Crippen LogP contribution in [0.15, 0.2) is 0 Å². The number of nitrogens with zero attached hydrogens (tertiary/aromatic N) is 1. The van der Waals surface area contributed by atoms with E-state index >= 15 is 0 Å². The molecule has 102 valence electrons. The van der Waals surface area contributed by atoms with Gasteiger partial charge in [0.05, 0.1) is 0 Å². The molecule has 2 heterocycles. The average Bonchev–Trinajstić information content (AvgIpc) is 2.72. The highest BCUT2D eigenvalue weighted by Crippen LogP contribution is 2.54. The Balaban J connectivity index is 1.46. The summed E-state index contributed by atoms with van der Waals surface area (Å²) in [4.78, 5) is 2.89. The molecule has 4 aliphatic rings. The van der Waals surface area contributed by atoms with Crippen LogP contribution >= 0.6 is 0 Å². The van der Waals surface area contributed by atoms with Crippen molar-refractivity contribution >= 4 is 0 Å². The van der Waals surface area contributed by atoms with Crippen molar-refractivity contribution in [2.24, 2.45) is 5.41 Å². The predicted molar refractivity (Wildman–Crippen MR) is 74.7 cm³/mol. The highest BCUT2D eigenvalue weighted by molar-refractivity contribution is 5.04. The summed E-state index contributed by atoms with van der Waals surface area (Å²) >= 11 is 0. The lowest BCUT2D eigenvalue weighted by Crippen LogP contribution is -2.57. The Hall–Kier alpha value is -0.0800. The van der Waals surface area contributed by atoms with Crippen molar-refractivity contribution in [3.05, 3.63) is 0 Å². The third-order valence-electron chi connectivity index (χ3n) is 6.47. The van der Waals surface area contributed by atoms with Crippen molar-refractivity contribution in [1.29, 1.82) is 0 Å². The van der Waals surface area contributed by atoms with Crippen molar-refractivity contribution < 1.29 is 0 Å². The molecule has 1 N–H and O–H groups in total. The van der Waals surface area contributed by atoms with E-state index in [0.717, 1.165) is 23.5 Å². The molecule has 1 spiro atoms. The predicted octanol–water partition coefficient (Wildman–Crippen LogP) is 2.93. The third-order valence-corrected chi connectivity index (χ3v) is 6.47. The molecule has 0 aromatic rings. The van der Waals surface area contributed by atoms with Crippen LogP contribution in [0.5, 0.6) is 0 Å². The summed E-state index contributed by atoms with van der Waals surface area (Å²) in [5.41, 5.74) is 0.766. The lowest BCUT2D eigenvalue weighted by atomic mass is 9.56. The molecular formula is C16H28N2. The number of hydrogen-bond acceptors (Lipinski definition) is 2. The molecular weight excluding hydrogens is 220 g/mol. The van der Waals surface area contributed by atoms with Gasteiger partial charge in [-0.3, -0.25) is 4.90 Å². The molecule has 4 rings (SSSR count). The van der Waals surface area contributed by atoms with Gasteiger partial charge in [-0.1, -0.05) is 19.3 Å². The smallest absolute Gasteiger partial charge is 0.0198 e. The van der Waals surface area contributed by atoms with Crippen LogP contribution in [0, 0.1) is 5.41 Å². The largest absolute Gasteiger partial charge is 0.310 e. The first-order valence-corrected chi connectivity index (χ1v) is 8.36. The minimum Gasteiger partial charge on any atom is -0.310 e. The van der Waals surface area contributed by atoms with Crippen LogP contribution in [0.4, 0.5) is 0 Å². The van der Waals surface area contributed by atoms with Crippen LogP contribution in [0.3, 0.4) is 0 Å². The molecule has 2 saturated heterocycles. The molecule has 2 aliphatic heterocycles. The second kappa shape index (κ2) is 4.49. The quantitative estimate of drug-likeness (QED) is 0.767. The minimum atomic E-state index is 0.766. The molecule has 2 aliphatic carbocycles. The fourth-order valence-electron chi connectivity index (χ4n) is 5.34. The molecule has 2 nitrogen and oxygen atoms in total. The summed E-state index contributed by atoms with van der Waals surface area (Å²) in [7, 11) is 0. The standard InChI is InChI=1S/C16H28N2/c1-2-8-16(9-3-1)10-6-15(16)18-11-7-13-4-5-14(12-18)17-13/h13-15,17H,1-12H2. The highest BCUT2D eigenvalue weighted by Gasteiger charge is 2.50. The number of likely N-dealkylation sites (tertiary alicyclic amines) is 1. The van der Waals surface area contributed by atoms with Crippen LogP contribution in [-0.2, 0) is 0 Å². The summed E-state index contributed by atoms with van der Waals surface area (Å²) in [6.45, 7) is 2.73. The van der Waals surface area contributed by atoms with Crippen molar-refractivity contribution in [2.45, 2.75) is 82.3 Å². The Kier molecular flexibility index (Phi) is 2.92. The first-order valence-electron chi connectivity index (χ1n) is 8.36. The number of rotatable bonds is 1. The molecule has 2 saturated carbocycles.